The lowest BCUT2D eigenvalue weighted by molar-refractivity contribution is 0.404. The molecule has 0 aliphatic heterocycles. The van der Waals surface area contributed by atoms with Gasteiger partial charge in [-0.25, -0.2) is 0 Å². The lowest BCUT2D eigenvalue weighted by atomic mass is 10.9. The van der Waals surface area contributed by atoms with Crippen molar-refractivity contribution in [1.82, 2.24) is 0 Å². The van der Waals surface area contributed by atoms with Crippen LogP contribution in [-0.2, 0) is 16.3 Å². The quantitative estimate of drug-likeness (QED) is 0.561. The maximum atomic E-state index is 9.28. The maximum absolute atomic E-state index is 9.28. The van der Waals surface area contributed by atoms with Crippen LogP contribution in [0.3, 0.4) is 0 Å². The van der Waals surface area contributed by atoms with E-state index in [-0.39, 0.29) is 0 Å². The molecule has 0 aromatic heterocycles. The number of rotatable bonds is 6. The summed E-state index contributed by atoms with van der Waals surface area (Å²) in [5, 5.41) is 0. The molecule has 0 saturated carbocycles. The topological polar surface area (TPSA) is 29.5 Å². The monoisotopic (exact) mass is 232 g/mol. The van der Waals surface area contributed by atoms with Crippen molar-refractivity contribution in [2.24, 2.45) is 0 Å². The molecule has 0 fully saturated rings. The maximum Gasteiger partial charge on any atom is 0.244 e. The molecule has 68 valence electrons. The van der Waals surface area contributed by atoms with Gasteiger partial charge < -0.3 is 9.42 Å². The highest BCUT2D eigenvalue weighted by Crippen LogP contribution is 2.55. The fourth-order valence-corrected chi connectivity index (χ4v) is 4.15. The van der Waals surface area contributed by atoms with Gasteiger partial charge in [-0.3, -0.25) is 0 Å². The highest BCUT2D eigenvalue weighted by Gasteiger charge is 2.10. The molecule has 2 nitrogen and oxygen atoms in total. The third-order valence-electron chi connectivity index (χ3n) is 0.917. The molecular formula is C5H13O2PS3. The zero-order chi connectivity index (χ0) is 8.74. The molecule has 1 unspecified atom stereocenters. The molecule has 0 aromatic carbocycles. The average Bonchev–Trinajstić information content (AvgIpc) is 1.99. The fourth-order valence-electron chi connectivity index (χ4n) is 0.409. The smallest absolute Gasteiger partial charge is 0.244 e. The molecule has 0 aliphatic carbocycles. The Labute approximate surface area is 81.4 Å². The van der Waals surface area contributed by atoms with Gasteiger partial charge in [0.2, 0.25) is 5.69 Å². The molecule has 0 rings (SSSR count). The summed E-state index contributed by atoms with van der Waals surface area (Å²) in [6.07, 6.45) is 0. The van der Waals surface area contributed by atoms with Gasteiger partial charge in [0, 0.05) is 18.6 Å². The Morgan fingerprint density at radius 2 is 2.18 bits per heavy atom. The molecule has 11 heavy (non-hydrogen) atoms. The first-order chi connectivity index (χ1) is 5.12. The van der Waals surface area contributed by atoms with Crippen molar-refractivity contribution in [2.45, 2.75) is 6.92 Å². The van der Waals surface area contributed by atoms with Gasteiger partial charge in [0.15, 0.2) is 0 Å². The van der Waals surface area contributed by atoms with Gasteiger partial charge in [0.05, 0.1) is 0 Å². The molecule has 0 amide bonds. The Bertz CT molecular complexity index is 142. The third kappa shape index (κ3) is 7.62. The predicted octanol–water partition coefficient (Wildman–Crippen LogP) is 2.34. The van der Waals surface area contributed by atoms with E-state index in [0.29, 0.717) is 0 Å². The molecule has 0 aliphatic rings. The first kappa shape index (κ1) is 12.3. The van der Waals surface area contributed by atoms with E-state index in [1.54, 1.807) is 0 Å². The van der Waals surface area contributed by atoms with Gasteiger partial charge in [0.1, 0.15) is 0 Å². The molecule has 1 N–H and O–H groups in total. The zero-order valence-electron chi connectivity index (χ0n) is 6.65. The van der Waals surface area contributed by atoms with Crippen LogP contribution < -0.4 is 0 Å². The summed E-state index contributed by atoms with van der Waals surface area (Å²) in [6, 6.07) is 0. The van der Waals surface area contributed by atoms with Crippen LogP contribution in [0.4, 0.5) is 0 Å². The van der Waals surface area contributed by atoms with Crippen molar-refractivity contribution in [3.63, 3.8) is 0 Å². The highest BCUT2D eigenvalue weighted by atomic mass is 32.9. The van der Waals surface area contributed by atoms with Gasteiger partial charge in [-0.05, 0) is 17.6 Å². The van der Waals surface area contributed by atoms with Crippen LogP contribution in [0.1, 0.15) is 6.92 Å². The summed E-state index contributed by atoms with van der Waals surface area (Å²) in [5.74, 6) is 3.02. The zero-order valence-corrected chi connectivity index (χ0v) is 9.99. The summed E-state index contributed by atoms with van der Waals surface area (Å²) < 4.78 is 4.75. The second-order valence-electron chi connectivity index (χ2n) is 1.68. The molecular weight excluding hydrogens is 219 g/mol. The van der Waals surface area contributed by atoms with E-state index < -0.39 is 5.69 Å². The Morgan fingerprint density at radius 1 is 1.55 bits per heavy atom. The summed E-state index contributed by atoms with van der Waals surface area (Å²) in [4.78, 5) is 9.28. The van der Waals surface area contributed by atoms with Gasteiger partial charge in [-0.15, -0.1) is 0 Å². The lowest BCUT2D eigenvalue weighted by Crippen LogP contribution is -1.85. The van der Waals surface area contributed by atoms with Crippen LogP contribution in [0.25, 0.3) is 0 Å². The largest absolute Gasteiger partial charge is 0.337 e. The lowest BCUT2D eigenvalue weighted by Gasteiger charge is -2.10. The van der Waals surface area contributed by atoms with E-state index in [9.17, 15) is 4.89 Å². The molecule has 0 spiro atoms. The summed E-state index contributed by atoms with van der Waals surface area (Å²) >= 11 is 7.99. The third-order valence-corrected chi connectivity index (χ3v) is 6.62. The van der Waals surface area contributed by atoms with Crippen molar-refractivity contribution in [1.29, 1.82) is 0 Å². The standard InChI is InChI=1S/C5H13O2PS3/c1-3-10-4-5-11-8(6,9)7-2/h3-5H2,1-2H3,(H,6,9). The van der Waals surface area contributed by atoms with Gasteiger partial charge in [0.25, 0.3) is 0 Å². The van der Waals surface area contributed by atoms with Gasteiger partial charge in [-0.1, -0.05) is 18.3 Å². The summed E-state index contributed by atoms with van der Waals surface area (Å²) in [7, 11) is 1.46. The number of thioether (sulfide) groups is 1. The summed E-state index contributed by atoms with van der Waals surface area (Å²) in [5.41, 5.74) is -2.48. The highest BCUT2D eigenvalue weighted by molar-refractivity contribution is 8.67. The van der Waals surface area contributed by atoms with Crippen LogP contribution in [0.2, 0.25) is 0 Å². The van der Waals surface area contributed by atoms with E-state index in [4.69, 9.17) is 16.3 Å². The Balaban J connectivity index is 3.31. The molecule has 0 saturated heterocycles. The first-order valence-electron chi connectivity index (χ1n) is 3.23. The normalized spacial score (nSPS) is 16.3. The molecule has 0 heterocycles. The van der Waals surface area contributed by atoms with Crippen molar-refractivity contribution in [3.8, 4) is 0 Å². The molecule has 1 atom stereocenters. The molecule has 0 bridgehead atoms. The molecule has 0 radical (unpaired) electrons. The van der Waals surface area contributed by atoms with Crippen molar-refractivity contribution < 1.29 is 9.42 Å². The SMILES string of the molecule is CCSCCSP(O)(=S)OC. The Hall–Kier alpha value is 1.27. The number of hydrogen-bond acceptors (Lipinski definition) is 4. The number of hydrogen-bond donors (Lipinski definition) is 1. The van der Waals surface area contributed by atoms with E-state index >= 15 is 0 Å². The fraction of sp³-hybridized carbons (Fsp3) is 1.00. The minimum absolute atomic E-state index is 0.875. The van der Waals surface area contributed by atoms with Crippen molar-refractivity contribution in [3.05, 3.63) is 0 Å². The van der Waals surface area contributed by atoms with Gasteiger partial charge in [-0.2, -0.15) is 11.8 Å². The van der Waals surface area contributed by atoms with E-state index in [1.807, 2.05) is 11.8 Å². The van der Waals surface area contributed by atoms with Crippen LogP contribution in [0.5, 0.6) is 0 Å². The summed E-state index contributed by atoms with van der Waals surface area (Å²) in [6.45, 7) is 2.11. The minimum atomic E-state index is -2.48. The van der Waals surface area contributed by atoms with E-state index in [2.05, 4.69) is 6.92 Å². The van der Waals surface area contributed by atoms with Crippen LogP contribution >= 0.6 is 28.8 Å². The van der Waals surface area contributed by atoms with Crippen LogP contribution in [0.15, 0.2) is 0 Å². The van der Waals surface area contributed by atoms with Gasteiger partial charge >= 0.3 is 0 Å². The molecule has 6 heteroatoms. The van der Waals surface area contributed by atoms with E-state index in [0.717, 1.165) is 17.3 Å². The Kier molecular flexibility index (Phi) is 7.53. The average molecular weight is 232 g/mol. The minimum Gasteiger partial charge on any atom is -0.337 e. The first-order valence-corrected chi connectivity index (χ1v) is 8.65. The van der Waals surface area contributed by atoms with Crippen LogP contribution in [-0.4, -0.2) is 29.3 Å². The van der Waals surface area contributed by atoms with Crippen LogP contribution in [0, 0.1) is 0 Å². The van der Waals surface area contributed by atoms with Crippen molar-refractivity contribution in [2.75, 3.05) is 24.4 Å². The second kappa shape index (κ2) is 6.75. The second-order valence-corrected chi connectivity index (χ2v) is 9.48. The Morgan fingerprint density at radius 3 is 2.64 bits per heavy atom. The predicted molar refractivity (Wildman–Crippen MR) is 59.0 cm³/mol. The van der Waals surface area contributed by atoms with E-state index in [1.165, 1.54) is 18.5 Å². The van der Waals surface area contributed by atoms with Crippen molar-refractivity contribution >= 4 is 40.6 Å². The molecule has 0 aromatic rings.